The lowest BCUT2D eigenvalue weighted by Crippen LogP contribution is -2.51. The fourth-order valence-electron chi connectivity index (χ4n) is 5.13. The number of alkyl halides is 3. The lowest BCUT2D eigenvalue weighted by Gasteiger charge is -2.32. The maximum atomic E-state index is 13.6. The van der Waals surface area contributed by atoms with Gasteiger partial charge in [0.25, 0.3) is 5.91 Å². The second kappa shape index (κ2) is 13.6. The highest BCUT2D eigenvalue weighted by atomic mass is 19.4. The summed E-state index contributed by atoms with van der Waals surface area (Å²) >= 11 is 0. The Kier molecular flexibility index (Phi) is 10.1. The van der Waals surface area contributed by atoms with Crippen molar-refractivity contribution in [1.29, 1.82) is 0 Å². The van der Waals surface area contributed by atoms with Crippen molar-refractivity contribution in [1.82, 2.24) is 10.6 Å². The van der Waals surface area contributed by atoms with Crippen molar-refractivity contribution in [3.8, 4) is 5.75 Å². The van der Waals surface area contributed by atoms with Crippen LogP contribution in [-0.4, -0.2) is 48.8 Å². The molecule has 0 radical (unpaired) electrons. The number of aliphatic hydroxyl groups excluding tert-OH is 1. The third-order valence-electron chi connectivity index (χ3n) is 7.59. The third-order valence-corrected chi connectivity index (χ3v) is 7.59. The maximum absolute atomic E-state index is 13.6. The molecule has 1 heterocycles. The van der Waals surface area contributed by atoms with Crippen molar-refractivity contribution in [3.05, 3.63) is 95.1 Å². The first-order valence-electron chi connectivity index (χ1n) is 14.4. The van der Waals surface area contributed by atoms with Crippen LogP contribution in [0, 0.1) is 0 Å². The predicted octanol–water partition coefficient (Wildman–Crippen LogP) is 5.46. The van der Waals surface area contributed by atoms with Gasteiger partial charge in [-0.05, 0) is 69.0 Å². The summed E-state index contributed by atoms with van der Waals surface area (Å²) in [6.45, 7) is 6.22. The van der Waals surface area contributed by atoms with E-state index in [9.17, 15) is 27.9 Å². The highest BCUT2D eigenvalue weighted by molar-refractivity contribution is 5.99. The number of nitrogens with zero attached hydrogens (tertiary/aromatic N) is 1. The number of halogens is 3. The van der Waals surface area contributed by atoms with Gasteiger partial charge in [-0.15, -0.1) is 0 Å². The average Bonchev–Trinajstić information content (AvgIpc) is 3.41. The molecule has 230 valence electrons. The van der Waals surface area contributed by atoms with Crippen molar-refractivity contribution in [2.45, 2.75) is 63.9 Å². The Bertz CT molecular complexity index is 1410. The first-order chi connectivity index (χ1) is 20.4. The predicted molar refractivity (Wildman–Crippen MR) is 159 cm³/mol. The molecule has 2 amide bonds. The largest absolute Gasteiger partial charge is 0.494 e. The molecule has 2 atom stereocenters. The lowest BCUT2D eigenvalue weighted by molar-refractivity contribution is -0.137. The standard InChI is InChI=1S/C33H38F3N3O4/c1-4-43-27-18-23(17-26(20-27)39-15-9-14-30(39)41)31(42)38-28(16-22-10-6-5-7-11-22)29(40)21-37-32(2,3)24-12-8-13-25(19-24)33(34,35)36/h5-8,10-13,17-20,28-29,37,40H,4,9,14-16,21H2,1-3H3,(H,38,42). The minimum absolute atomic E-state index is 0.00641. The van der Waals surface area contributed by atoms with E-state index in [1.54, 1.807) is 43.0 Å². The number of hydrogen-bond donors (Lipinski definition) is 3. The van der Waals surface area contributed by atoms with E-state index in [0.717, 1.165) is 24.1 Å². The van der Waals surface area contributed by atoms with E-state index in [4.69, 9.17) is 4.74 Å². The summed E-state index contributed by atoms with van der Waals surface area (Å²) < 4.78 is 45.6. The SMILES string of the molecule is CCOc1cc(C(=O)NC(Cc2ccccc2)C(O)CNC(C)(C)c2cccc(C(F)(F)F)c2)cc(N2CCCC2=O)c1. The number of anilines is 1. The molecule has 10 heteroatoms. The Hall–Kier alpha value is -3.89. The summed E-state index contributed by atoms with van der Waals surface area (Å²) in [5.41, 5.74) is 0.489. The summed E-state index contributed by atoms with van der Waals surface area (Å²) in [5.74, 6) is -0.0204. The molecule has 3 N–H and O–H groups in total. The van der Waals surface area contributed by atoms with Crippen LogP contribution in [0.25, 0.3) is 0 Å². The van der Waals surface area contributed by atoms with Crippen molar-refractivity contribution in [2.24, 2.45) is 0 Å². The molecular formula is C33H38F3N3O4. The monoisotopic (exact) mass is 597 g/mol. The summed E-state index contributed by atoms with van der Waals surface area (Å²) in [6.07, 6.45) is -4.09. The van der Waals surface area contributed by atoms with Crippen LogP contribution in [0.1, 0.15) is 60.7 Å². The topological polar surface area (TPSA) is 90.9 Å². The zero-order chi connectivity index (χ0) is 31.2. The van der Waals surface area contributed by atoms with E-state index in [1.807, 2.05) is 37.3 Å². The molecule has 3 aromatic rings. The number of nitrogens with one attached hydrogen (secondary N) is 2. The van der Waals surface area contributed by atoms with Gasteiger partial charge in [-0.1, -0.05) is 42.5 Å². The minimum Gasteiger partial charge on any atom is -0.494 e. The van der Waals surface area contributed by atoms with E-state index in [1.165, 1.54) is 6.07 Å². The van der Waals surface area contributed by atoms with Gasteiger partial charge in [0, 0.05) is 42.4 Å². The van der Waals surface area contributed by atoms with Gasteiger partial charge in [0.2, 0.25) is 5.91 Å². The Labute approximate surface area is 250 Å². The molecule has 1 aliphatic rings. The number of carbonyl (C=O) groups excluding carboxylic acids is 2. The van der Waals surface area contributed by atoms with E-state index in [0.29, 0.717) is 43.0 Å². The molecule has 7 nitrogen and oxygen atoms in total. The molecule has 0 aromatic heterocycles. The fourth-order valence-corrected chi connectivity index (χ4v) is 5.13. The smallest absolute Gasteiger partial charge is 0.416 e. The molecule has 2 unspecified atom stereocenters. The zero-order valence-electron chi connectivity index (χ0n) is 24.6. The van der Waals surface area contributed by atoms with Gasteiger partial charge in [0.05, 0.1) is 24.3 Å². The van der Waals surface area contributed by atoms with Gasteiger partial charge in [-0.3, -0.25) is 9.59 Å². The number of ether oxygens (including phenoxy) is 1. The molecule has 43 heavy (non-hydrogen) atoms. The van der Waals surface area contributed by atoms with Gasteiger partial charge < -0.3 is 25.4 Å². The van der Waals surface area contributed by atoms with E-state index in [2.05, 4.69) is 10.6 Å². The Morgan fingerprint density at radius 1 is 1.02 bits per heavy atom. The highest BCUT2D eigenvalue weighted by Crippen LogP contribution is 2.32. The molecule has 1 saturated heterocycles. The van der Waals surface area contributed by atoms with Crippen LogP contribution in [0.15, 0.2) is 72.8 Å². The van der Waals surface area contributed by atoms with Gasteiger partial charge >= 0.3 is 6.18 Å². The number of hydrogen-bond acceptors (Lipinski definition) is 5. The minimum atomic E-state index is -4.47. The molecule has 4 rings (SSSR count). The van der Waals surface area contributed by atoms with Crippen LogP contribution >= 0.6 is 0 Å². The van der Waals surface area contributed by atoms with Crippen LogP contribution in [0.3, 0.4) is 0 Å². The number of aliphatic hydroxyl groups is 1. The van der Waals surface area contributed by atoms with Crippen LogP contribution in [0.5, 0.6) is 5.75 Å². The van der Waals surface area contributed by atoms with Crippen molar-refractivity contribution < 1.29 is 32.6 Å². The second-order valence-electron chi connectivity index (χ2n) is 11.2. The molecule has 1 fully saturated rings. The van der Waals surface area contributed by atoms with Crippen molar-refractivity contribution >= 4 is 17.5 Å². The summed E-state index contributed by atoms with van der Waals surface area (Å²) in [7, 11) is 0. The maximum Gasteiger partial charge on any atom is 0.416 e. The van der Waals surface area contributed by atoms with Gasteiger partial charge in [-0.25, -0.2) is 0 Å². The Morgan fingerprint density at radius 3 is 2.40 bits per heavy atom. The second-order valence-corrected chi connectivity index (χ2v) is 11.2. The lowest BCUT2D eigenvalue weighted by atomic mass is 9.92. The van der Waals surface area contributed by atoms with Crippen LogP contribution in [0.4, 0.5) is 18.9 Å². The normalized spacial score (nSPS) is 15.3. The molecular weight excluding hydrogens is 559 g/mol. The molecule has 0 saturated carbocycles. The van der Waals surface area contributed by atoms with Gasteiger partial charge in [0.15, 0.2) is 0 Å². The summed E-state index contributed by atoms with van der Waals surface area (Å²) in [4.78, 5) is 27.6. The summed E-state index contributed by atoms with van der Waals surface area (Å²) in [5, 5.41) is 17.5. The van der Waals surface area contributed by atoms with Crippen molar-refractivity contribution in [2.75, 3.05) is 24.6 Å². The Morgan fingerprint density at radius 2 is 1.74 bits per heavy atom. The molecule has 0 bridgehead atoms. The van der Waals surface area contributed by atoms with E-state index < -0.39 is 35.3 Å². The number of benzene rings is 3. The Balaban J connectivity index is 1.55. The number of amides is 2. The van der Waals surface area contributed by atoms with Crippen LogP contribution < -0.4 is 20.3 Å². The molecule has 3 aromatic carbocycles. The van der Waals surface area contributed by atoms with Gasteiger partial charge in [-0.2, -0.15) is 13.2 Å². The highest BCUT2D eigenvalue weighted by Gasteiger charge is 2.33. The first-order valence-corrected chi connectivity index (χ1v) is 14.4. The average molecular weight is 598 g/mol. The third kappa shape index (κ3) is 8.36. The van der Waals surface area contributed by atoms with Crippen molar-refractivity contribution in [3.63, 3.8) is 0 Å². The quantitative estimate of drug-likeness (QED) is 0.258. The molecule has 1 aliphatic heterocycles. The zero-order valence-corrected chi connectivity index (χ0v) is 24.6. The number of carbonyl (C=O) groups is 2. The first kappa shape index (κ1) is 32.0. The van der Waals surface area contributed by atoms with Crippen LogP contribution in [-0.2, 0) is 22.9 Å². The van der Waals surface area contributed by atoms with E-state index >= 15 is 0 Å². The number of rotatable bonds is 12. The summed E-state index contributed by atoms with van der Waals surface area (Å²) in [6, 6.07) is 18.7. The molecule has 0 aliphatic carbocycles. The van der Waals surface area contributed by atoms with Gasteiger partial charge in [0.1, 0.15) is 5.75 Å². The molecule has 0 spiro atoms. The van der Waals surface area contributed by atoms with E-state index in [-0.39, 0.29) is 18.0 Å². The van der Waals surface area contributed by atoms with Crippen LogP contribution in [0.2, 0.25) is 0 Å². The fraction of sp³-hybridized carbons (Fsp3) is 0.394.